The number of aromatic nitrogens is 1. The van der Waals surface area contributed by atoms with Gasteiger partial charge in [-0.3, -0.25) is 4.79 Å². The number of nitrogens with one attached hydrogen (secondary N) is 1. The first-order valence-corrected chi connectivity index (χ1v) is 7.55. The van der Waals surface area contributed by atoms with E-state index in [4.69, 9.17) is 9.47 Å². The fraction of sp³-hybridized carbons (Fsp3) is 0.643. The smallest absolute Gasteiger partial charge is 0.268 e. The quantitative estimate of drug-likeness (QED) is 0.913. The molecule has 6 heteroatoms. The number of halogens is 1. The zero-order valence-electron chi connectivity index (χ0n) is 12.3. The van der Waals surface area contributed by atoms with Gasteiger partial charge in [0.15, 0.2) is 5.79 Å². The topological polar surface area (TPSA) is 52.5 Å². The Kier molecular flexibility index (Phi) is 4.56. The van der Waals surface area contributed by atoms with Crippen molar-refractivity contribution < 1.29 is 14.3 Å². The Balaban J connectivity index is 1.96. The Hall–Kier alpha value is -0.850. The van der Waals surface area contributed by atoms with Gasteiger partial charge in [-0.1, -0.05) is 0 Å². The zero-order chi connectivity index (χ0) is 14.9. The highest BCUT2D eigenvalue weighted by molar-refractivity contribution is 9.10. The maximum absolute atomic E-state index is 12.3. The molecule has 0 radical (unpaired) electrons. The predicted molar refractivity (Wildman–Crippen MR) is 79.8 cm³/mol. The second-order valence-electron chi connectivity index (χ2n) is 5.71. The van der Waals surface area contributed by atoms with Crippen LogP contribution >= 0.6 is 15.9 Å². The molecule has 1 aromatic rings. The van der Waals surface area contributed by atoms with Gasteiger partial charge in [-0.05, 0) is 49.7 Å². The number of nitrogens with zero attached hydrogens (tertiary/aromatic N) is 1. The Bertz CT molecular complexity index is 497. The van der Waals surface area contributed by atoms with Crippen LogP contribution in [0, 0.1) is 0 Å². The predicted octanol–water partition coefficient (Wildman–Crippen LogP) is 2.71. The van der Waals surface area contributed by atoms with Crippen LogP contribution in [0.3, 0.4) is 0 Å². The standard InChI is InChI=1S/C14H21BrN2O3/c1-9(2)17-7-10(15)5-12(17)13(18)16-6-11-8-19-14(3,4)20-11/h5,7,9,11H,6,8H2,1-4H3,(H,16,18). The van der Waals surface area contributed by atoms with Crippen LogP contribution in [0.15, 0.2) is 16.7 Å². The lowest BCUT2D eigenvalue weighted by Crippen LogP contribution is -2.35. The van der Waals surface area contributed by atoms with E-state index >= 15 is 0 Å². The molecular formula is C14H21BrN2O3. The average Bonchev–Trinajstić information content (AvgIpc) is 2.89. The van der Waals surface area contributed by atoms with E-state index in [0.717, 1.165) is 4.47 Å². The van der Waals surface area contributed by atoms with Crippen molar-refractivity contribution in [3.8, 4) is 0 Å². The van der Waals surface area contributed by atoms with Gasteiger partial charge in [-0.25, -0.2) is 0 Å². The van der Waals surface area contributed by atoms with Gasteiger partial charge in [0, 0.05) is 23.3 Å². The molecule has 1 amide bonds. The van der Waals surface area contributed by atoms with Crippen LogP contribution < -0.4 is 5.32 Å². The number of carbonyl (C=O) groups excluding carboxylic acids is 1. The molecule has 2 rings (SSSR count). The van der Waals surface area contributed by atoms with Crippen LogP contribution in [-0.4, -0.2) is 35.5 Å². The molecule has 1 aromatic heterocycles. The summed E-state index contributed by atoms with van der Waals surface area (Å²) < 4.78 is 14.0. The molecule has 0 aliphatic carbocycles. The summed E-state index contributed by atoms with van der Waals surface area (Å²) in [6, 6.07) is 2.05. The monoisotopic (exact) mass is 344 g/mol. The van der Waals surface area contributed by atoms with E-state index in [1.54, 1.807) is 0 Å². The van der Waals surface area contributed by atoms with Gasteiger partial charge in [0.2, 0.25) is 0 Å². The van der Waals surface area contributed by atoms with Crippen LogP contribution in [0.2, 0.25) is 0 Å². The number of amides is 1. The molecule has 5 nitrogen and oxygen atoms in total. The molecule has 1 N–H and O–H groups in total. The first kappa shape index (κ1) is 15.5. The average molecular weight is 345 g/mol. The van der Waals surface area contributed by atoms with E-state index in [2.05, 4.69) is 21.2 Å². The summed E-state index contributed by atoms with van der Waals surface area (Å²) in [5.74, 6) is -0.658. The molecule has 1 aliphatic heterocycles. The number of hydrogen-bond acceptors (Lipinski definition) is 3. The molecule has 20 heavy (non-hydrogen) atoms. The third-order valence-electron chi connectivity index (χ3n) is 3.16. The summed E-state index contributed by atoms with van der Waals surface area (Å²) in [5, 5.41) is 2.90. The summed E-state index contributed by atoms with van der Waals surface area (Å²) in [5.41, 5.74) is 0.644. The fourth-order valence-corrected chi connectivity index (χ4v) is 2.65. The van der Waals surface area contributed by atoms with Crippen molar-refractivity contribution in [2.24, 2.45) is 0 Å². The normalized spacial score (nSPS) is 21.4. The molecular weight excluding hydrogens is 324 g/mol. The van der Waals surface area contributed by atoms with Crippen molar-refractivity contribution in [2.45, 2.75) is 45.6 Å². The SMILES string of the molecule is CC(C)n1cc(Br)cc1C(=O)NCC1COC(C)(C)O1. The molecule has 2 heterocycles. The van der Waals surface area contributed by atoms with Gasteiger partial charge < -0.3 is 19.4 Å². The Morgan fingerprint density at radius 1 is 1.60 bits per heavy atom. The van der Waals surface area contributed by atoms with Gasteiger partial charge in [0.05, 0.1) is 6.61 Å². The molecule has 1 unspecified atom stereocenters. The Morgan fingerprint density at radius 2 is 2.30 bits per heavy atom. The van der Waals surface area contributed by atoms with Crippen LogP contribution in [0.4, 0.5) is 0 Å². The molecule has 1 aliphatic rings. The summed E-state index contributed by atoms with van der Waals surface area (Å²) in [4.78, 5) is 12.3. The second-order valence-corrected chi connectivity index (χ2v) is 6.62. The minimum absolute atomic E-state index is 0.0974. The number of ether oxygens (including phenoxy) is 2. The number of hydrogen-bond donors (Lipinski definition) is 1. The lowest BCUT2D eigenvalue weighted by molar-refractivity contribution is -0.137. The van der Waals surface area contributed by atoms with E-state index in [9.17, 15) is 4.79 Å². The van der Waals surface area contributed by atoms with E-state index in [1.165, 1.54) is 0 Å². The summed E-state index contributed by atoms with van der Waals surface area (Å²) in [7, 11) is 0. The van der Waals surface area contributed by atoms with Gasteiger partial charge in [-0.15, -0.1) is 0 Å². The third-order valence-corrected chi connectivity index (χ3v) is 3.60. The highest BCUT2D eigenvalue weighted by Gasteiger charge is 2.32. The van der Waals surface area contributed by atoms with E-state index in [1.807, 2.05) is 44.5 Å². The maximum atomic E-state index is 12.3. The fourth-order valence-electron chi connectivity index (χ4n) is 2.22. The third kappa shape index (κ3) is 3.62. The van der Waals surface area contributed by atoms with E-state index in [-0.39, 0.29) is 18.1 Å². The molecule has 1 atom stereocenters. The minimum atomic E-state index is -0.559. The molecule has 0 saturated carbocycles. The molecule has 0 aromatic carbocycles. The lowest BCUT2D eigenvalue weighted by atomic mass is 10.3. The van der Waals surface area contributed by atoms with Crippen molar-refractivity contribution in [1.82, 2.24) is 9.88 Å². The summed E-state index contributed by atoms with van der Waals surface area (Å²) in [6.45, 7) is 8.77. The molecule has 112 valence electrons. The Labute approximate surface area is 127 Å². The van der Waals surface area contributed by atoms with Crippen LogP contribution in [0.25, 0.3) is 0 Å². The van der Waals surface area contributed by atoms with Crippen LogP contribution in [-0.2, 0) is 9.47 Å². The van der Waals surface area contributed by atoms with Crippen molar-refractivity contribution in [3.63, 3.8) is 0 Å². The highest BCUT2D eigenvalue weighted by atomic mass is 79.9. The number of carbonyl (C=O) groups is 1. The van der Waals surface area contributed by atoms with E-state index < -0.39 is 5.79 Å². The summed E-state index contributed by atoms with van der Waals surface area (Å²) in [6.07, 6.45) is 1.82. The van der Waals surface area contributed by atoms with E-state index in [0.29, 0.717) is 18.8 Å². The van der Waals surface area contributed by atoms with Gasteiger partial charge in [0.25, 0.3) is 5.91 Å². The number of rotatable bonds is 4. The van der Waals surface area contributed by atoms with Crippen LogP contribution in [0.1, 0.15) is 44.2 Å². The molecule has 0 spiro atoms. The molecule has 1 saturated heterocycles. The van der Waals surface area contributed by atoms with Gasteiger partial charge >= 0.3 is 0 Å². The lowest BCUT2D eigenvalue weighted by Gasteiger charge is -2.17. The maximum Gasteiger partial charge on any atom is 0.268 e. The minimum Gasteiger partial charge on any atom is -0.348 e. The van der Waals surface area contributed by atoms with Gasteiger partial charge in [0.1, 0.15) is 11.8 Å². The van der Waals surface area contributed by atoms with Crippen molar-refractivity contribution >= 4 is 21.8 Å². The second kappa shape index (κ2) is 5.87. The largest absolute Gasteiger partial charge is 0.348 e. The first-order valence-electron chi connectivity index (χ1n) is 6.76. The summed E-state index contributed by atoms with van der Waals surface area (Å²) >= 11 is 3.41. The van der Waals surface area contributed by atoms with Crippen molar-refractivity contribution in [1.29, 1.82) is 0 Å². The molecule has 0 bridgehead atoms. The van der Waals surface area contributed by atoms with Crippen molar-refractivity contribution in [2.75, 3.05) is 13.2 Å². The van der Waals surface area contributed by atoms with Gasteiger partial charge in [-0.2, -0.15) is 0 Å². The highest BCUT2D eigenvalue weighted by Crippen LogP contribution is 2.22. The first-order chi connectivity index (χ1) is 9.28. The van der Waals surface area contributed by atoms with Crippen LogP contribution in [0.5, 0.6) is 0 Å². The van der Waals surface area contributed by atoms with Crippen molar-refractivity contribution in [3.05, 3.63) is 22.4 Å². The molecule has 1 fully saturated rings. The zero-order valence-corrected chi connectivity index (χ0v) is 13.9. The Morgan fingerprint density at radius 3 is 2.85 bits per heavy atom.